The predicted molar refractivity (Wildman–Crippen MR) is 113 cm³/mol. The van der Waals surface area contributed by atoms with E-state index < -0.39 is 15.9 Å². The molecule has 1 fully saturated rings. The molecule has 0 unspecified atom stereocenters. The molecule has 0 bridgehead atoms. The van der Waals surface area contributed by atoms with Crippen molar-refractivity contribution < 1.29 is 17.9 Å². The SMILES string of the molecule is Cc1ccccc1OC[C@H](C)NC(=O)c1cc(S(=O)(=O)N2CCCC2)ccc1Cl. The van der Waals surface area contributed by atoms with Gasteiger partial charge in [-0.3, -0.25) is 4.79 Å². The number of para-hydroxylation sites is 1. The Morgan fingerprint density at radius 3 is 2.59 bits per heavy atom. The second-order valence-corrected chi connectivity index (χ2v) is 9.55. The van der Waals surface area contributed by atoms with Crippen LogP contribution in [0.2, 0.25) is 5.02 Å². The fourth-order valence-electron chi connectivity index (χ4n) is 3.19. The third-order valence-electron chi connectivity index (χ3n) is 4.85. The average Bonchev–Trinajstić information content (AvgIpc) is 3.23. The zero-order valence-corrected chi connectivity index (χ0v) is 18.1. The highest BCUT2D eigenvalue weighted by Crippen LogP contribution is 2.25. The van der Waals surface area contributed by atoms with Crippen LogP contribution in [0, 0.1) is 6.92 Å². The van der Waals surface area contributed by atoms with Crippen molar-refractivity contribution in [1.82, 2.24) is 9.62 Å². The molecular weight excluding hydrogens is 412 g/mol. The molecule has 2 aromatic carbocycles. The summed E-state index contributed by atoms with van der Waals surface area (Å²) < 4.78 is 32.7. The molecule has 1 atom stereocenters. The van der Waals surface area contributed by atoms with Crippen molar-refractivity contribution in [3.63, 3.8) is 0 Å². The third kappa shape index (κ3) is 5.10. The Hall–Kier alpha value is -2.09. The van der Waals surface area contributed by atoms with Gasteiger partial charge in [-0.05, 0) is 56.5 Å². The number of hydrogen-bond acceptors (Lipinski definition) is 4. The first-order chi connectivity index (χ1) is 13.8. The molecule has 6 nitrogen and oxygen atoms in total. The van der Waals surface area contributed by atoms with Gasteiger partial charge < -0.3 is 10.1 Å². The molecule has 0 saturated carbocycles. The maximum Gasteiger partial charge on any atom is 0.253 e. The van der Waals surface area contributed by atoms with Crippen molar-refractivity contribution >= 4 is 27.5 Å². The first kappa shape index (κ1) is 21.6. The highest BCUT2D eigenvalue weighted by atomic mass is 35.5. The quantitative estimate of drug-likeness (QED) is 0.719. The van der Waals surface area contributed by atoms with E-state index in [-0.39, 0.29) is 28.1 Å². The molecule has 1 saturated heterocycles. The number of halogens is 1. The van der Waals surface area contributed by atoms with Crippen LogP contribution >= 0.6 is 11.6 Å². The molecule has 1 N–H and O–H groups in total. The van der Waals surface area contributed by atoms with Gasteiger partial charge in [-0.25, -0.2) is 8.42 Å². The van der Waals surface area contributed by atoms with E-state index >= 15 is 0 Å². The molecule has 1 heterocycles. The Bertz CT molecular complexity index is 988. The van der Waals surface area contributed by atoms with Crippen molar-refractivity contribution in [3.05, 3.63) is 58.6 Å². The second-order valence-electron chi connectivity index (χ2n) is 7.20. The summed E-state index contributed by atoms with van der Waals surface area (Å²) in [5, 5.41) is 3.02. The Morgan fingerprint density at radius 1 is 1.21 bits per heavy atom. The molecule has 0 aromatic heterocycles. The van der Waals surface area contributed by atoms with Crippen LogP contribution in [0.4, 0.5) is 0 Å². The van der Waals surface area contributed by atoms with E-state index in [1.807, 2.05) is 38.1 Å². The van der Waals surface area contributed by atoms with E-state index in [4.69, 9.17) is 16.3 Å². The van der Waals surface area contributed by atoms with Crippen LogP contribution in [0.5, 0.6) is 5.75 Å². The normalized spacial score (nSPS) is 15.8. The third-order valence-corrected chi connectivity index (χ3v) is 7.07. The van der Waals surface area contributed by atoms with Gasteiger partial charge in [0.2, 0.25) is 10.0 Å². The van der Waals surface area contributed by atoms with Crippen molar-refractivity contribution in [3.8, 4) is 5.75 Å². The zero-order chi connectivity index (χ0) is 21.0. The fraction of sp³-hybridized carbons (Fsp3) is 0.381. The van der Waals surface area contributed by atoms with Gasteiger partial charge >= 0.3 is 0 Å². The summed E-state index contributed by atoms with van der Waals surface area (Å²) in [7, 11) is -3.62. The number of hydrogen-bond donors (Lipinski definition) is 1. The highest BCUT2D eigenvalue weighted by Gasteiger charge is 2.28. The summed E-state index contributed by atoms with van der Waals surface area (Å²) in [6, 6.07) is 11.6. The lowest BCUT2D eigenvalue weighted by atomic mass is 10.2. The minimum absolute atomic E-state index is 0.0813. The summed E-state index contributed by atoms with van der Waals surface area (Å²) in [5.41, 5.74) is 1.14. The van der Waals surface area contributed by atoms with Crippen LogP contribution < -0.4 is 10.1 Å². The maximum absolute atomic E-state index is 12.8. The number of rotatable bonds is 7. The average molecular weight is 437 g/mol. The number of amides is 1. The summed E-state index contributed by atoms with van der Waals surface area (Å²) in [5.74, 6) is 0.319. The number of sulfonamides is 1. The summed E-state index contributed by atoms with van der Waals surface area (Å²) >= 11 is 6.18. The molecule has 3 rings (SSSR count). The van der Waals surface area contributed by atoms with Gasteiger partial charge in [0.25, 0.3) is 5.91 Å². The maximum atomic E-state index is 12.8. The van der Waals surface area contributed by atoms with E-state index in [1.165, 1.54) is 22.5 Å². The molecule has 1 aliphatic heterocycles. The zero-order valence-electron chi connectivity index (χ0n) is 16.5. The van der Waals surface area contributed by atoms with Crippen LogP contribution in [-0.4, -0.2) is 44.4 Å². The van der Waals surface area contributed by atoms with Crippen molar-refractivity contribution in [2.75, 3.05) is 19.7 Å². The lowest BCUT2D eigenvalue weighted by Crippen LogP contribution is -2.37. The molecule has 156 valence electrons. The topological polar surface area (TPSA) is 75.7 Å². The Balaban J connectivity index is 1.69. The standard InChI is InChI=1S/C21H25ClN2O4S/c1-15-7-3-4-8-20(15)28-14-16(2)23-21(25)18-13-17(9-10-19(18)22)29(26,27)24-11-5-6-12-24/h3-4,7-10,13,16H,5-6,11-12,14H2,1-2H3,(H,23,25)/t16-/m0/s1. The molecule has 0 spiro atoms. The molecule has 29 heavy (non-hydrogen) atoms. The van der Waals surface area contributed by atoms with Gasteiger partial charge in [-0.2, -0.15) is 4.31 Å². The van der Waals surface area contributed by atoms with E-state index in [1.54, 1.807) is 0 Å². The Kier molecular flexibility index (Phi) is 6.82. The van der Waals surface area contributed by atoms with Gasteiger partial charge in [-0.15, -0.1) is 0 Å². The summed E-state index contributed by atoms with van der Waals surface area (Å²) in [6.45, 7) is 5.04. The number of carbonyl (C=O) groups excluding carboxylic acids is 1. The molecule has 0 radical (unpaired) electrons. The minimum Gasteiger partial charge on any atom is -0.491 e. The van der Waals surface area contributed by atoms with E-state index in [0.717, 1.165) is 24.2 Å². The largest absolute Gasteiger partial charge is 0.491 e. The smallest absolute Gasteiger partial charge is 0.253 e. The number of benzene rings is 2. The number of aryl methyl sites for hydroxylation is 1. The van der Waals surface area contributed by atoms with Gasteiger partial charge in [0, 0.05) is 13.1 Å². The van der Waals surface area contributed by atoms with Crippen molar-refractivity contribution in [2.45, 2.75) is 37.6 Å². The van der Waals surface area contributed by atoms with E-state index in [9.17, 15) is 13.2 Å². The number of ether oxygens (including phenoxy) is 1. The van der Waals surface area contributed by atoms with Crippen LogP contribution in [0.1, 0.15) is 35.7 Å². The molecule has 1 amide bonds. The van der Waals surface area contributed by atoms with Gasteiger partial charge in [0.05, 0.1) is 21.5 Å². The first-order valence-corrected chi connectivity index (χ1v) is 11.4. The lowest BCUT2D eigenvalue weighted by Gasteiger charge is -2.18. The summed E-state index contributed by atoms with van der Waals surface area (Å²) in [4.78, 5) is 12.8. The minimum atomic E-state index is -3.62. The molecule has 8 heteroatoms. The molecule has 0 aliphatic carbocycles. The molecule has 1 aliphatic rings. The van der Waals surface area contributed by atoms with Gasteiger partial charge in [-0.1, -0.05) is 29.8 Å². The van der Waals surface area contributed by atoms with Gasteiger partial charge in [0.15, 0.2) is 0 Å². The Morgan fingerprint density at radius 2 is 1.90 bits per heavy atom. The van der Waals surface area contributed by atoms with Crippen LogP contribution in [0.25, 0.3) is 0 Å². The van der Waals surface area contributed by atoms with Crippen LogP contribution in [-0.2, 0) is 10.0 Å². The highest BCUT2D eigenvalue weighted by molar-refractivity contribution is 7.89. The van der Waals surface area contributed by atoms with Gasteiger partial charge in [0.1, 0.15) is 12.4 Å². The van der Waals surface area contributed by atoms with E-state index in [0.29, 0.717) is 13.1 Å². The molecular formula is C21H25ClN2O4S. The van der Waals surface area contributed by atoms with Crippen LogP contribution in [0.3, 0.4) is 0 Å². The fourth-order valence-corrected chi connectivity index (χ4v) is 4.94. The Labute approximate surface area is 176 Å². The predicted octanol–water partition coefficient (Wildman–Crippen LogP) is 3.63. The lowest BCUT2D eigenvalue weighted by molar-refractivity contribution is 0.0926. The first-order valence-electron chi connectivity index (χ1n) is 9.58. The van der Waals surface area contributed by atoms with E-state index in [2.05, 4.69) is 5.32 Å². The summed E-state index contributed by atoms with van der Waals surface area (Å²) in [6.07, 6.45) is 1.69. The second kappa shape index (κ2) is 9.15. The number of nitrogens with one attached hydrogen (secondary N) is 1. The van der Waals surface area contributed by atoms with Crippen LogP contribution in [0.15, 0.2) is 47.4 Å². The molecule has 2 aromatic rings. The van der Waals surface area contributed by atoms with Crippen molar-refractivity contribution in [1.29, 1.82) is 0 Å². The monoisotopic (exact) mass is 436 g/mol. The number of carbonyl (C=O) groups is 1. The van der Waals surface area contributed by atoms with Crippen molar-refractivity contribution in [2.24, 2.45) is 0 Å². The number of nitrogens with zero attached hydrogens (tertiary/aromatic N) is 1.